The third-order valence-electron chi connectivity index (χ3n) is 2.89. The number of carbonyl (C=O) groups is 1. The minimum atomic E-state index is -0.131. The molecule has 0 spiro atoms. The molecule has 1 fully saturated rings. The molecule has 1 atom stereocenters. The molecule has 1 amide bonds. The fraction of sp³-hybridized carbons (Fsp3) is 0.583. The van der Waals surface area contributed by atoms with Crippen LogP contribution in [0.4, 0.5) is 5.95 Å². The zero-order valence-electron chi connectivity index (χ0n) is 10.8. The van der Waals surface area contributed by atoms with Gasteiger partial charge < -0.3 is 10.2 Å². The molecule has 1 aliphatic heterocycles. The van der Waals surface area contributed by atoms with Crippen molar-refractivity contribution in [1.29, 1.82) is 0 Å². The Morgan fingerprint density at radius 2 is 2.00 bits per heavy atom. The van der Waals surface area contributed by atoms with Gasteiger partial charge in [-0.2, -0.15) is 0 Å². The molecule has 0 radical (unpaired) electrons. The molecule has 0 aliphatic carbocycles. The fourth-order valence-corrected chi connectivity index (χ4v) is 2.23. The summed E-state index contributed by atoms with van der Waals surface area (Å²) >= 11 is 3.29. The molecule has 2 rings (SSSR count). The Balaban J connectivity index is 2.01. The smallest absolute Gasteiger partial charge is 0.225 e. The van der Waals surface area contributed by atoms with Crippen LogP contribution in [0.1, 0.15) is 27.2 Å². The summed E-state index contributed by atoms with van der Waals surface area (Å²) in [7, 11) is 0. The maximum atomic E-state index is 11.9. The number of likely N-dealkylation sites (tertiary alicyclic amines) is 1. The van der Waals surface area contributed by atoms with Crippen molar-refractivity contribution in [2.75, 3.05) is 11.9 Å². The minimum absolute atomic E-state index is 0.0814. The highest BCUT2D eigenvalue weighted by molar-refractivity contribution is 9.10. The van der Waals surface area contributed by atoms with Crippen LogP contribution in [-0.2, 0) is 4.79 Å². The van der Waals surface area contributed by atoms with E-state index in [1.807, 2.05) is 25.7 Å². The Morgan fingerprint density at radius 1 is 1.39 bits per heavy atom. The normalized spacial score (nSPS) is 20.3. The Kier molecular flexibility index (Phi) is 3.56. The van der Waals surface area contributed by atoms with Crippen LogP contribution in [-0.4, -0.2) is 38.9 Å². The first-order valence-corrected chi connectivity index (χ1v) is 6.70. The van der Waals surface area contributed by atoms with Crippen molar-refractivity contribution in [2.24, 2.45) is 0 Å². The molecule has 6 heteroatoms. The average molecular weight is 313 g/mol. The maximum Gasteiger partial charge on any atom is 0.225 e. The third kappa shape index (κ3) is 2.98. The first-order chi connectivity index (χ1) is 8.36. The van der Waals surface area contributed by atoms with Crippen molar-refractivity contribution in [3.63, 3.8) is 0 Å². The van der Waals surface area contributed by atoms with Crippen LogP contribution in [0.25, 0.3) is 0 Å². The van der Waals surface area contributed by atoms with Gasteiger partial charge in [0.15, 0.2) is 0 Å². The predicted octanol–water partition coefficient (Wildman–Crippen LogP) is 2.05. The van der Waals surface area contributed by atoms with Crippen LogP contribution in [0.15, 0.2) is 16.9 Å². The van der Waals surface area contributed by atoms with E-state index in [0.29, 0.717) is 18.9 Å². The highest BCUT2D eigenvalue weighted by Gasteiger charge is 2.36. The first kappa shape index (κ1) is 13.3. The number of rotatable bonds is 2. The molecule has 98 valence electrons. The van der Waals surface area contributed by atoms with Gasteiger partial charge in [-0.25, -0.2) is 9.97 Å². The molecule has 1 aromatic rings. The van der Waals surface area contributed by atoms with E-state index in [-0.39, 0.29) is 17.5 Å². The molecular formula is C12H17BrN4O. The molecule has 0 aromatic carbocycles. The Labute approximate surface area is 115 Å². The number of hydrogen-bond acceptors (Lipinski definition) is 4. The lowest BCUT2D eigenvalue weighted by molar-refractivity contribution is -0.131. The zero-order chi connectivity index (χ0) is 13.3. The predicted molar refractivity (Wildman–Crippen MR) is 73.2 cm³/mol. The van der Waals surface area contributed by atoms with E-state index in [1.165, 1.54) is 0 Å². The second-order valence-electron chi connectivity index (χ2n) is 5.45. The van der Waals surface area contributed by atoms with Gasteiger partial charge in [-0.1, -0.05) is 0 Å². The van der Waals surface area contributed by atoms with Crippen molar-refractivity contribution < 1.29 is 4.79 Å². The number of amides is 1. The van der Waals surface area contributed by atoms with E-state index < -0.39 is 0 Å². The van der Waals surface area contributed by atoms with Gasteiger partial charge in [0, 0.05) is 30.9 Å². The summed E-state index contributed by atoms with van der Waals surface area (Å²) in [4.78, 5) is 22.1. The van der Waals surface area contributed by atoms with Crippen LogP contribution < -0.4 is 5.32 Å². The second kappa shape index (κ2) is 4.84. The van der Waals surface area contributed by atoms with Gasteiger partial charge in [-0.15, -0.1) is 0 Å². The number of nitrogens with one attached hydrogen (secondary N) is 1. The van der Waals surface area contributed by atoms with Gasteiger partial charge in [-0.05, 0) is 36.7 Å². The van der Waals surface area contributed by atoms with Crippen LogP contribution in [0.5, 0.6) is 0 Å². The number of carbonyl (C=O) groups excluding carboxylic acids is 1. The molecule has 1 N–H and O–H groups in total. The molecular weight excluding hydrogens is 296 g/mol. The topological polar surface area (TPSA) is 58.1 Å². The fourth-order valence-electron chi connectivity index (χ4n) is 2.02. The highest BCUT2D eigenvalue weighted by Crippen LogP contribution is 2.23. The molecule has 1 saturated heterocycles. The summed E-state index contributed by atoms with van der Waals surface area (Å²) in [6.07, 6.45) is 3.87. The summed E-state index contributed by atoms with van der Waals surface area (Å²) in [5, 5.41) is 3.20. The summed E-state index contributed by atoms with van der Waals surface area (Å²) in [5.74, 6) is 0.740. The molecule has 0 bridgehead atoms. The molecule has 1 unspecified atom stereocenters. The van der Waals surface area contributed by atoms with E-state index in [4.69, 9.17) is 0 Å². The van der Waals surface area contributed by atoms with Crippen molar-refractivity contribution in [3.8, 4) is 0 Å². The van der Waals surface area contributed by atoms with Crippen LogP contribution in [0.2, 0.25) is 0 Å². The zero-order valence-corrected chi connectivity index (χ0v) is 12.4. The maximum absolute atomic E-state index is 11.9. The Hall–Kier alpha value is -1.17. The minimum Gasteiger partial charge on any atom is -0.349 e. The highest BCUT2D eigenvalue weighted by atomic mass is 79.9. The molecule has 2 heterocycles. The van der Waals surface area contributed by atoms with Crippen LogP contribution in [0.3, 0.4) is 0 Å². The number of anilines is 1. The van der Waals surface area contributed by atoms with E-state index >= 15 is 0 Å². The van der Waals surface area contributed by atoms with Crippen molar-refractivity contribution >= 4 is 27.8 Å². The van der Waals surface area contributed by atoms with E-state index in [9.17, 15) is 4.79 Å². The number of aromatic nitrogens is 2. The lowest BCUT2D eigenvalue weighted by Gasteiger charge is -2.32. The Bertz CT molecular complexity index is 440. The molecule has 1 aromatic heterocycles. The van der Waals surface area contributed by atoms with Gasteiger partial charge in [0.25, 0.3) is 0 Å². The number of nitrogens with zero attached hydrogens (tertiary/aromatic N) is 3. The summed E-state index contributed by atoms with van der Waals surface area (Å²) in [5.41, 5.74) is -0.131. The van der Waals surface area contributed by atoms with Gasteiger partial charge in [0.05, 0.1) is 10.5 Å². The van der Waals surface area contributed by atoms with Gasteiger partial charge >= 0.3 is 0 Å². The van der Waals surface area contributed by atoms with Crippen molar-refractivity contribution in [1.82, 2.24) is 14.9 Å². The molecule has 1 aliphatic rings. The lowest BCUT2D eigenvalue weighted by Crippen LogP contribution is -2.43. The molecule has 18 heavy (non-hydrogen) atoms. The van der Waals surface area contributed by atoms with Crippen LogP contribution >= 0.6 is 15.9 Å². The number of hydrogen-bond donors (Lipinski definition) is 1. The van der Waals surface area contributed by atoms with E-state index in [0.717, 1.165) is 4.47 Å². The third-order valence-corrected chi connectivity index (χ3v) is 3.30. The SMILES string of the molecule is CC(C)(C)N1CC(Nc2ncc(Br)cn2)CC1=O. The number of halogens is 1. The molecule has 0 saturated carbocycles. The van der Waals surface area contributed by atoms with Crippen molar-refractivity contribution in [3.05, 3.63) is 16.9 Å². The lowest BCUT2D eigenvalue weighted by atomic mass is 10.1. The van der Waals surface area contributed by atoms with Gasteiger partial charge in [0.1, 0.15) is 0 Å². The monoisotopic (exact) mass is 312 g/mol. The van der Waals surface area contributed by atoms with Crippen LogP contribution in [0, 0.1) is 0 Å². The first-order valence-electron chi connectivity index (χ1n) is 5.91. The largest absolute Gasteiger partial charge is 0.349 e. The van der Waals surface area contributed by atoms with E-state index in [1.54, 1.807) is 12.4 Å². The van der Waals surface area contributed by atoms with Gasteiger partial charge in [0.2, 0.25) is 11.9 Å². The quantitative estimate of drug-likeness (QED) is 0.908. The average Bonchev–Trinajstić information content (AvgIpc) is 2.63. The van der Waals surface area contributed by atoms with Crippen molar-refractivity contribution in [2.45, 2.75) is 38.8 Å². The standard InChI is InChI=1S/C12H17BrN4O/c1-12(2,3)17-7-9(4-10(17)18)16-11-14-5-8(13)6-15-11/h5-6,9H,4,7H2,1-3H3,(H,14,15,16). The van der Waals surface area contributed by atoms with E-state index in [2.05, 4.69) is 31.2 Å². The Morgan fingerprint density at radius 3 is 2.50 bits per heavy atom. The summed E-state index contributed by atoms with van der Waals surface area (Å²) < 4.78 is 0.840. The molecule has 5 nitrogen and oxygen atoms in total. The van der Waals surface area contributed by atoms with Gasteiger partial charge in [-0.3, -0.25) is 4.79 Å². The summed E-state index contributed by atoms with van der Waals surface area (Å²) in [6.45, 7) is 6.83. The summed E-state index contributed by atoms with van der Waals surface area (Å²) in [6, 6.07) is 0.0814. The second-order valence-corrected chi connectivity index (χ2v) is 6.36.